The van der Waals surface area contributed by atoms with Crippen molar-refractivity contribution in [3.05, 3.63) is 54.3 Å². The van der Waals surface area contributed by atoms with Crippen LogP contribution in [0.1, 0.15) is 30.7 Å². The summed E-state index contributed by atoms with van der Waals surface area (Å²) in [4.78, 5) is 12.7. The Hall–Kier alpha value is -2.65. The zero-order valence-corrected chi connectivity index (χ0v) is 15.6. The van der Waals surface area contributed by atoms with Crippen LogP contribution >= 0.6 is 0 Å². The van der Waals surface area contributed by atoms with Crippen LogP contribution in [0.5, 0.6) is 0 Å². The lowest BCUT2D eigenvalue weighted by atomic mass is 10.0. The molecule has 1 aromatic carbocycles. The number of nitrogens with zero attached hydrogens (tertiary/aromatic N) is 5. The average molecular weight is 385 g/mol. The number of rotatable bonds is 6. The minimum absolute atomic E-state index is 0.114. The quantitative estimate of drug-likeness (QED) is 0.641. The maximum Gasteiger partial charge on any atom is 0.243 e. The molecule has 1 aliphatic heterocycles. The van der Waals surface area contributed by atoms with Crippen LogP contribution in [0.4, 0.5) is 0 Å². The highest BCUT2D eigenvalue weighted by atomic mass is 32.2. The van der Waals surface area contributed by atoms with E-state index in [0.29, 0.717) is 35.4 Å². The highest BCUT2D eigenvalue weighted by Crippen LogP contribution is 2.32. The van der Waals surface area contributed by atoms with Crippen molar-refractivity contribution in [1.29, 1.82) is 0 Å². The highest BCUT2D eigenvalue weighted by Gasteiger charge is 2.40. The van der Waals surface area contributed by atoms with Crippen molar-refractivity contribution in [2.45, 2.75) is 30.6 Å². The maximum absolute atomic E-state index is 12.7. The lowest BCUT2D eigenvalue weighted by Crippen LogP contribution is -2.48. The van der Waals surface area contributed by atoms with Crippen molar-refractivity contribution >= 4 is 10.0 Å². The molecule has 2 aromatic heterocycles. The summed E-state index contributed by atoms with van der Waals surface area (Å²) in [6.07, 6.45) is 6.63. The molecule has 0 aliphatic carbocycles. The third kappa shape index (κ3) is 3.47. The van der Waals surface area contributed by atoms with Crippen molar-refractivity contribution in [1.82, 2.24) is 24.4 Å². The van der Waals surface area contributed by atoms with Crippen LogP contribution in [-0.2, 0) is 16.4 Å². The SMILES string of the molecule is CCCc1ccc(S(=O)(=O)N2CC(c3nc(-c4cnccn4)no3)C2)cc1. The van der Waals surface area contributed by atoms with E-state index in [4.69, 9.17) is 4.52 Å². The second kappa shape index (κ2) is 7.16. The molecule has 0 radical (unpaired) electrons. The first-order valence-corrected chi connectivity index (χ1v) is 10.2. The summed E-state index contributed by atoms with van der Waals surface area (Å²) < 4.78 is 32.2. The lowest BCUT2D eigenvalue weighted by molar-refractivity contribution is 0.217. The Balaban J connectivity index is 1.43. The summed E-state index contributed by atoms with van der Waals surface area (Å²) in [5, 5.41) is 3.91. The Morgan fingerprint density at radius 2 is 1.96 bits per heavy atom. The second-order valence-electron chi connectivity index (χ2n) is 6.46. The Labute approximate surface area is 157 Å². The molecule has 1 aliphatic rings. The standard InChI is InChI=1S/C18H19N5O3S/c1-2-3-13-4-6-15(7-5-13)27(24,25)23-11-14(12-23)18-21-17(22-26-18)16-10-19-8-9-20-16/h4-10,14H,2-3,11-12H2,1H3. The third-order valence-electron chi connectivity index (χ3n) is 4.53. The molecule has 9 heteroatoms. The molecule has 3 aromatic rings. The number of hydrogen-bond acceptors (Lipinski definition) is 7. The molecule has 0 bridgehead atoms. The summed E-state index contributed by atoms with van der Waals surface area (Å²) in [6, 6.07) is 7.09. The Morgan fingerprint density at radius 3 is 2.63 bits per heavy atom. The maximum atomic E-state index is 12.7. The smallest absolute Gasteiger partial charge is 0.243 e. The van der Waals surface area contributed by atoms with Gasteiger partial charge in [-0.05, 0) is 24.1 Å². The molecule has 1 saturated heterocycles. The second-order valence-corrected chi connectivity index (χ2v) is 8.40. The third-order valence-corrected chi connectivity index (χ3v) is 6.38. The highest BCUT2D eigenvalue weighted by molar-refractivity contribution is 7.89. The fourth-order valence-electron chi connectivity index (χ4n) is 2.98. The monoisotopic (exact) mass is 385 g/mol. The normalized spacial score (nSPS) is 15.6. The van der Waals surface area contributed by atoms with Gasteiger partial charge < -0.3 is 4.52 Å². The molecule has 1 fully saturated rings. The van der Waals surface area contributed by atoms with Crippen LogP contribution in [0.25, 0.3) is 11.5 Å². The summed E-state index contributed by atoms with van der Waals surface area (Å²) in [5.74, 6) is 0.656. The van der Waals surface area contributed by atoms with E-state index in [1.807, 2.05) is 12.1 Å². The van der Waals surface area contributed by atoms with Gasteiger partial charge >= 0.3 is 0 Å². The number of sulfonamides is 1. The summed E-state index contributed by atoms with van der Waals surface area (Å²) in [5.41, 5.74) is 1.66. The van der Waals surface area contributed by atoms with E-state index >= 15 is 0 Å². The van der Waals surface area contributed by atoms with Gasteiger partial charge in [0.05, 0.1) is 17.0 Å². The molecule has 0 N–H and O–H groups in total. The van der Waals surface area contributed by atoms with Crippen LogP contribution in [0.3, 0.4) is 0 Å². The largest absolute Gasteiger partial charge is 0.339 e. The number of benzene rings is 1. The molecule has 0 atom stereocenters. The molecule has 0 unspecified atom stereocenters. The van der Waals surface area contributed by atoms with Crippen LogP contribution in [0.15, 0.2) is 52.3 Å². The van der Waals surface area contributed by atoms with Crippen molar-refractivity contribution in [2.75, 3.05) is 13.1 Å². The minimum atomic E-state index is -3.50. The molecule has 140 valence electrons. The molecule has 3 heterocycles. The number of aromatic nitrogens is 4. The van der Waals surface area contributed by atoms with Gasteiger partial charge in [0, 0.05) is 25.5 Å². The predicted molar refractivity (Wildman–Crippen MR) is 97.3 cm³/mol. The zero-order chi connectivity index (χ0) is 18.9. The Morgan fingerprint density at radius 1 is 1.19 bits per heavy atom. The Bertz CT molecular complexity index is 1010. The molecule has 4 rings (SSSR count). The topological polar surface area (TPSA) is 102 Å². The van der Waals surface area contributed by atoms with Crippen molar-refractivity contribution < 1.29 is 12.9 Å². The molecule has 0 spiro atoms. The molecule has 0 saturated carbocycles. The number of hydrogen-bond donors (Lipinski definition) is 0. The molecular weight excluding hydrogens is 366 g/mol. The summed E-state index contributed by atoms with van der Waals surface area (Å²) in [6.45, 7) is 2.74. The van der Waals surface area contributed by atoms with Gasteiger partial charge in [0.15, 0.2) is 0 Å². The van der Waals surface area contributed by atoms with E-state index in [9.17, 15) is 8.42 Å². The van der Waals surface area contributed by atoms with Gasteiger partial charge in [-0.1, -0.05) is 30.6 Å². The minimum Gasteiger partial charge on any atom is -0.339 e. The predicted octanol–water partition coefficient (Wildman–Crippen LogP) is 2.27. The fraction of sp³-hybridized carbons (Fsp3) is 0.333. The van der Waals surface area contributed by atoms with Gasteiger partial charge in [-0.15, -0.1) is 0 Å². The Kier molecular flexibility index (Phi) is 4.71. The first kappa shape index (κ1) is 17.7. The zero-order valence-electron chi connectivity index (χ0n) is 14.8. The van der Waals surface area contributed by atoms with Crippen LogP contribution < -0.4 is 0 Å². The van der Waals surface area contributed by atoms with Gasteiger partial charge in [-0.2, -0.15) is 9.29 Å². The lowest BCUT2D eigenvalue weighted by Gasteiger charge is -2.35. The first-order chi connectivity index (χ1) is 13.1. The van der Waals surface area contributed by atoms with Crippen LogP contribution in [-0.4, -0.2) is 45.9 Å². The van der Waals surface area contributed by atoms with E-state index in [2.05, 4.69) is 27.0 Å². The van der Waals surface area contributed by atoms with E-state index in [-0.39, 0.29) is 5.92 Å². The summed E-state index contributed by atoms with van der Waals surface area (Å²) >= 11 is 0. The van der Waals surface area contributed by atoms with Gasteiger partial charge in [-0.3, -0.25) is 4.98 Å². The van der Waals surface area contributed by atoms with Gasteiger partial charge in [-0.25, -0.2) is 13.4 Å². The summed E-state index contributed by atoms with van der Waals surface area (Å²) in [7, 11) is -3.50. The van der Waals surface area contributed by atoms with Crippen LogP contribution in [0, 0.1) is 0 Å². The van der Waals surface area contributed by atoms with Crippen molar-refractivity contribution in [2.24, 2.45) is 0 Å². The van der Waals surface area contributed by atoms with Crippen molar-refractivity contribution in [3.8, 4) is 11.5 Å². The van der Waals surface area contributed by atoms with Gasteiger partial charge in [0.2, 0.25) is 21.7 Å². The molecule has 27 heavy (non-hydrogen) atoms. The number of aryl methyl sites for hydroxylation is 1. The fourth-order valence-corrected chi connectivity index (χ4v) is 4.51. The molecule has 0 amide bonds. The van der Waals surface area contributed by atoms with Crippen molar-refractivity contribution in [3.63, 3.8) is 0 Å². The first-order valence-electron chi connectivity index (χ1n) is 8.77. The van der Waals surface area contributed by atoms with E-state index in [1.165, 1.54) is 4.31 Å². The molecular formula is C18H19N5O3S. The van der Waals surface area contributed by atoms with Gasteiger partial charge in [0.25, 0.3) is 0 Å². The van der Waals surface area contributed by atoms with E-state index < -0.39 is 10.0 Å². The van der Waals surface area contributed by atoms with Gasteiger partial charge in [0.1, 0.15) is 5.69 Å². The van der Waals surface area contributed by atoms with E-state index in [1.54, 1.807) is 30.7 Å². The molecule has 8 nitrogen and oxygen atoms in total. The van der Waals surface area contributed by atoms with E-state index in [0.717, 1.165) is 18.4 Å². The average Bonchev–Trinajstić information content (AvgIpc) is 3.11. The van der Waals surface area contributed by atoms with Crippen LogP contribution in [0.2, 0.25) is 0 Å².